The van der Waals surface area contributed by atoms with E-state index in [2.05, 4.69) is 12.0 Å². The molecule has 5 heteroatoms. The lowest BCUT2D eigenvalue weighted by atomic mass is 10.2. The Labute approximate surface area is 115 Å². The minimum atomic E-state index is -0.0981. The van der Waals surface area contributed by atoms with Gasteiger partial charge in [0, 0.05) is 30.8 Å². The Morgan fingerprint density at radius 2 is 2.05 bits per heavy atom. The fourth-order valence-electron chi connectivity index (χ4n) is 2.19. The number of aryl methyl sites for hydroxylation is 2. The summed E-state index contributed by atoms with van der Waals surface area (Å²) in [5.41, 5.74) is 9.02. The van der Waals surface area contributed by atoms with Crippen LogP contribution >= 0.6 is 0 Å². The molecule has 0 radical (unpaired) electrons. The molecule has 0 saturated heterocycles. The Bertz CT molecular complexity index is 413. The number of esters is 1. The molecule has 108 valence electrons. The van der Waals surface area contributed by atoms with Gasteiger partial charge in [-0.25, -0.2) is 0 Å². The van der Waals surface area contributed by atoms with Crippen LogP contribution in [0.2, 0.25) is 0 Å². The van der Waals surface area contributed by atoms with Crippen molar-refractivity contribution in [1.29, 1.82) is 0 Å². The maximum absolute atomic E-state index is 11.2. The summed E-state index contributed by atoms with van der Waals surface area (Å²) in [5.74, 6) is -0.0981. The van der Waals surface area contributed by atoms with Crippen LogP contribution in [-0.4, -0.2) is 22.4 Å². The predicted octanol–water partition coefficient (Wildman–Crippen LogP) is 2.08. The van der Waals surface area contributed by atoms with E-state index in [1.54, 1.807) is 0 Å². The number of ether oxygens (including phenoxy) is 1. The van der Waals surface area contributed by atoms with Crippen LogP contribution in [0.5, 0.6) is 0 Å². The lowest BCUT2D eigenvalue weighted by Crippen LogP contribution is -2.06. The van der Waals surface area contributed by atoms with Gasteiger partial charge in [-0.3, -0.25) is 9.48 Å². The number of nitrogens with two attached hydrogens (primary N) is 1. The Morgan fingerprint density at radius 1 is 1.32 bits per heavy atom. The van der Waals surface area contributed by atoms with E-state index in [9.17, 15) is 4.79 Å². The normalized spacial score (nSPS) is 10.7. The quantitative estimate of drug-likeness (QED) is 0.578. The van der Waals surface area contributed by atoms with Gasteiger partial charge in [-0.05, 0) is 33.6 Å². The first kappa shape index (κ1) is 15.7. The van der Waals surface area contributed by atoms with Crippen LogP contribution in [0.15, 0.2) is 0 Å². The molecule has 1 aromatic rings. The zero-order valence-corrected chi connectivity index (χ0v) is 12.2. The first-order chi connectivity index (χ1) is 9.10. The van der Waals surface area contributed by atoms with Gasteiger partial charge in [-0.15, -0.1) is 0 Å². The van der Waals surface area contributed by atoms with E-state index in [0.717, 1.165) is 42.8 Å². The van der Waals surface area contributed by atoms with Crippen molar-refractivity contribution in [2.75, 3.05) is 6.61 Å². The molecule has 1 aromatic heterocycles. The Morgan fingerprint density at radius 3 is 2.63 bits per heavy atom. The molecule has 0 saturated carbocycles. The van der Waals surface area contributed by atoms with Crippen LogP contribution in [-0.2, 0) is 22.6 Å². The highest BCUT2D eigenvalue weighted by molar-refractivity contribution is 5.69. The SMILES string of the molecule is CCOC(=O)CCCCCn1nc(C)c(CN)c1C. The molecule has 0 aliphatic rings. The lowest BCUT2D eigenvalue weighted by molar-refractivity contribution is -0.143. The monoisotopic (exact) mass is 267 g/mol. The highest BCUT2D eigenvalue weighted by Crippen LogP contribution is 2.13. The third-order valence-electron chi connectivity index (χ3n) is 3.29. The Balaban J connectivity index is 2.28. The maximum Gasteiger partial charge on any atom is 0.305 e. The van der Waals surface area contributed by atoms with Crippen molar-refractivity contribution in [2.24, 2.45) is 5.73 Å². The van der Waals surface area contributed by atoms with Gasteiger partial charge in [0.1, 0.15) is 0 Å². The van der Waals surface area contributed by atoms with Crippen LogP contribution < -0.4 is 5.73 Å². The number of carbonyl (C=O) groups is 1. The van der Waals surface area contributed by atoms with Crippen molar-refractivity contribution in [2.45, 2.75) is 59.5 Å². The molecule has 2 N–H and O–H groups in total. The van der Waals surface area contributed by atoms with Gasteiger partial charge >= 0.3 is 5.97 Å². The molecule has 0 amide bonds. The van der Waals surface area contributed by atoms with Gasteiger partial charge in [0.25, 0.3) is 0 Å². The average Bonchev–Trinajstić information content (AvgIpc) is 2.64. The first-order valence-corrected chi connectivity index (χ1v) is 6.98. The van der Waals surface area contributed by atoms with Gasteiger partial charge in [0.15, 0.2) is 0 Å². The molecule has 1 heterocycles. The van der Waals surface area contributed by atoms with E-state index in [4.69, 9.17) is 10.5 Å². The molecular formula is C14H25N3O2. The second-order valence-electron chi connectivity index (χ2n) is 4.69. The van der Waals surface area contributed by atoms with Crippen LogP contribution in [0.1, 0.15) is 49.6 Å². The van der Waals surface area contributed by atoms with E-state index in [0.29, 0.717) is 19.6 Å². The molecule has 1 rings (SSSR count). The molecule has 0 spiro atoms. The largest absolute Gasteiger partial charge is 0.466 e. The van der Waals surface area contributed by atoms with Crippen LogP contribution in [0.3, 0.4) is 0 Å². The highest BCUT2D eigenvalue weighted by atomic mass is 16.5. The first-order valence-electron chi connectivity index (χ1n) is 6.98. The van der Waals surface area contributed by atoms with Crippen LogP contribution in [0, 0.1) is 13.8 Å². The summed E-state index contributed by atoms with van der Waals surface area (Å²) in [6.45, 7) is 7.77. The fraction of sp³-hybridized carbons (Fsp3) is 0.714. The molecule has 0 aromatic carbocycles. The van der Waals surface area contributed by atoms with Crippen molar-refractivity contribution in [1.82, 2.24) is 9.78 Å². The third kappa shape index (κ3) is 4.67. The van der Waals surface area contributed by atoms with E-state index in [1.165, 1.54) is 0 Å². The van der Waals surface area contributed by atoms with Crippen LogP contribution in [0.4, 0.5) is 0 Å². The number of hydrogen-bond acceptors (Lipinski definition) is 4. The lowest BCUT2D eigenvalue weighted by Gasteiger charge is -2.05. The van der Waals surface area contributed by atoms with Crippen molar-refractivity contribution in [3.63, 3.8) is 0 Å². The van der Waals surface area contributed by atoms with Gasteiger partial charge < -0.3 is 10.5 Å². The summed E-state index contributed by atoms with van der Waals surface area (Å²) in [7, 11) is 0. The minimum absolute atomic E-state index is 0.0981. The van der Waals surface area contributed by atoms with Crippen molar-refractivity contribution >= 4 is 5.97 Å². The standard InChI is InChI=1S/C14H25N3O2/c1-4-19-14(18)8-6-5-7-9-17-12(3)13(10-15)11(2)16-17/h4-10,15H2,1-3H3. The van der Waals surface area contributed by atoms with Crippen molar-refractivity contribution < 1.29 is 9.53 Å². The van der Waals surface area contributed by atoms with Crippen LogP contribution in [0.25, 0.3) is 0 Å². The topological polar surface area (TPSA) is 70.1 Å². The predicted molar refractivity (Wildman–Crippen MR) is 74.7 cm³/mol. The number of unbranched alkanes of at least 4 members (excludes halogenated alkanes) is 2. The zero-order chi connectivity index (χ0) is 14.3. The second-order valence-corrected chi connectivity index (χ2v) is 4.69. The van der Waals surface area contributed by atoms with Gasteiger partial charge in [0.2, 0.25) is 0 Å². The summed E-state index contributed by atoms with van der Waals surface area (Å²) < 4.78 is 6.90. The Hall–Kier alpha value is -1.36. The average molecular weight is 267 g/mol. The van der Waals surface area contributed by atoms with Crippen molar-refractivity contribution in [3.8, 4) is 0 Å². The van der Waals surface area contributed by atoms with E-state index >= 15 is 0 Å². The maximum atomic E-state index is 11.2. The number of aromatic nitrogens is 2. The summed E-state index contributed by atoms with van der Waals surface area (Å²) in [6, 6.07) is 0. The molecule has 0 aliphatic heterocycles. The smallest absolute Gasteiger partial charge is 0.305 e. The zero-order valence-electron chi connectivity index (χ0n) is 12.2. The van der Waals surface area contributed by atoms with Gasteiger partial charge in [0.05, 0.1) is 12.3 Å². The molecule has 0 bridgehead atoms. The van der Waals surface area contributed by atoms with E-state index in [-0.39, 0.29) is 5.97 Å². The molecular weight excluding hydrogens is 242 g/mol. The van der Waals surface area contributed by atoms with E-state index < -0.39 is 0 Å². The van der Waals surface area contributed by atoms with Crippen molar-refractivity contribution in [3.05, 3.63) is 17.0 Å². The molecule has 0 unspecified atom stereocenters. The summed E-state index contributed by atoms with van der Waals surface area (Å²) >= 11 is 0. The second kappa shape index (κ2) is 7.94. The summed E-state index contributed by atoms with van der Waals surface area (Å²) in [5, 5.41) is 4.49. The molecule has 0 fully saturated rings. The number of rotatable bonds is 8. The minimum Gasteiger partial charge on any atom is -0.466 e. The molecule has 5 nitrogen and oxygen atoms in total. The van der Waals surface area contributed by atoms with Gasteiger partial charge in [-0.1, -0.05) is 6.42 Å². The van der Waals surface area contributed by atoms with Gasteiger partial charge in [-0.2, -0.15) is 5.10 Å². The number of nitrogens with zero attached hydrogens (tertiary/aromatic N) is 2. The fourth-order valence-corrected chi connectivity index (χ4v) is 2.19. The third-order valence-corrected chi connectivity index (χ3v) is 3.29. The number of hydrogen-bond donors (Lipinski definition) is 1. The molecule has 0 atom stereocenters. The highest BCUT2D eigenvalue weighted by Gasteiger charge is 2.09. The summed E-state index contributed by atoms with van der Waals surface area (Å²) in [4.78, 5) is 11.2. The molecule has 19 heavy (non-hydrogen) atoms. The Kier molecular flexibility index (Phi) is 6.56. The van der Waals surface area contributed by atoms with E-state index in [1.807, 2.05) is 18.5 Å². The summed E-state index contributed by atoms with van der Waals surface area (Å²) in [6.07, 6.45) is 3.42. The molecule has 0 aliphatic carbocycles. The number of carbonyl (C=O) groups excluding carboxylic acids is 1.